The number of aryl methyl sites for hydroxylation is 2. The quantitative estimate of drug-likeness (QED) is 0.200. The summed E-state index contributed by atoms with van der Waals surface area (Å²) in [4.78, 5) is 0. The molecule has 0 saturated heterocycles. The van der Waals surface area contributed by atoms with Crippen LogP contribution in [-0.2, 0) is 12.8 Å². The minimum Gasteiger partial charge on any atom is -0.0654 e. The Bertz CT molecular complexity index is 413. The molecule has 0 amide bonds. The molecule has 1 rings (SSSR count). The lowest BCUT2D eigenvalue weighted by Crippen LogP contribution is -1.92. The van der Waals surface area contributed by atoms with E-state index in [1.54, 1.807) is 0 Å². The van der Waals surface area contributed by atoms with Crippen molar-refractivity contribution in [3.63, 3.8) is 0 Å². The first kappa shape index (κ1) is 24.7. The van der Waals surface area contributed by atoms with Gasteiger partial charge in [-0.3, -0.25) is 0 Å². The molecule has 156 valence electrons. The molecule has 0 aliphatic carbocycles. The molecule has 0 unspecified atom stereocenters. The molecular weight excluding hydrogens is 392 g/mol. The van der Waals surface area contributed by atoms with E-state index < -0.39 is 0 Å². The maximum atomic E-state index is 3.73. The number of benzene rings is 1. The van der Waals surface area contributed by atoms with Crippen molar-refractivity contribution >= 4 is 15.9 Å². The molecule has 0 bridgehead atoms. The van der Waals surface area contributed by atoms with Crippen LogP contribution in [0.4, 0.5) is 0 Å². The minimum atomic E-state index is 1.25. The van der Waals surface area contributed by atoms with Crippen LogP contribution in [0.3, 0.4) is 0 Å². The van der Waals surface area contributed by atoms with E-state index in [4.69, 9.17) is 0 Å². The first-order chi connectivity index (χ1) is 13.3. The lowest BCUT2D eigenvalue weighted by atomic mass is 10.00. The highest BCUT2D eigenvalue weighted by Gasteiger charge is 2.01. The predicted molar refractivity (Wildman–Crippen MR) is 127 cm³/mol. The van der Waals surface area contributed by atoms with Crippen molar-refractivity contribution in [1.82, 2.24) is 0 Å². The van der Waals surface area contributed by atoms with Gasteiger partial charge < -0.3 is 0 Å². The number of unbranched alkanes of at least 4 members (excludes halogenated alkanes) is 14. The maximum Gasteiger partial charge on any atom is 0.0180 e. The number of hydrogen-bond acceptors (Lipinski definition) is 0. The Kier molecular flexibility index (Phi) is 16.3. The molecule has 0 fully saturated rings. The number of rotatable bonds is 18. The lowest BCUT2D eigenvalue weighted by molar-refractivity contribution is 0.574. The van der Waals surface area contributed by atoms with Gasteiger partial charge in [-0.05, 0) is 48.9 Å². The molecule has 0 aliphatic rings. The van der Waals surface area contributed by atoms with Crippen LogP contribution in [0.5, 0.6) is 0 Å². The summed E-state index contributed by atoms with van der Waals surface area (Å²) >= 11 is 3.73. The van der Waals surface area contributed by atoms with Crippen molar-refractivity contribution in [2.75, 3.05) is 0 Å². The van der Waals surface area contributed by atoms with Crippen molar-refractivity contribution < 1.29 is 0 Å². The SMILES string of the molecule is CCCCCCCCCCc1cc(Br)cc(CCCCCCCCCC)c1. The summed E-state index contributed by atoms with van der Waals surface area (Å²) < 4.78 is 1.27. The fourth-order valence-corrected chi connectivity index (χ4v) is 4.52. The van der Waals surface area contributed by atoms with Crippen molar-refractivity contribution in [1.29, 1.82) is 0 Å². The zero-order valence-corrected chi connectivity index (χ0v) is 19.9. The fourth-order valence-electron chi connectivity index (χ4n) is 3.93. The summed E-state index contributed by atoms with van der Waals surface area (Å²) in [6, 6.07) is 7.13. The molecule has 0 nitrogen and oxygen atoms in total. The third-order valence-electron chi connectivity index (χ3n) is 5.66. The molecule has 0 heterocycles. The second-order valence-corrected chi connectivity index (χ2v) is 9.33. The lowest BCUT2D eigenvalue weighted by Gasteiger charge is -2.08. The molecule has 1 aromatic rings. The number of hydrogen-bond donors (Lipinski definition) is 0. The highest BCUT2D eigenvalue weighted by atomic mass is 79.9. The summed E-state index contributed by atoms with van der Waals surface area (Å²) in [5, 5.41) is 0. The van der Waals surface area contributed by atoms with Gasteiger partial charge in [0, 0.05) is 4.47 Å². The summed E-state index contributed by atoms with van der Waals surface area (Å²) in [5.41, 5.74) is 3.06. The summed E-state index contributed by atoms with van der Waals surface area (Å²) in [5.74, 6) is 0. The standard InChI is InChI=1S/C26H45Br/c1-3-5-7-9-11-13-15-17-19-24-21-25(23-26(27)22-24)20-18-16-14-12-10-8-6-4-2/h21-23H,3-20H2,1-2H3. The molecule has 0 N–H and O–H groups in total. The van der Waals surface area contributed by atoms with Gasteiger partial charge in [-0.15, -0.1) is 0 Å². The fraction of sp³-hybridized carbons (Fsp3) is 0.769. The average molecular weight is 438 g/mol. The van der Waals surface area contributed by atoms with Gasteiger partial charge in [0.1, 0.15) is 0 Å². The van der Waals surface area contributed by atoms with Gasteiger partial charge in [0.05, 0.1) is 0 Å². The largest absolute Gasteiger partial charge is 0.0654 e. The van der Waals surface area contributed by atoms with Gasteiger partial charge in [0.15, 0.2) is 0 Å². The van der Waals surface area contributed by atoms with Crippen LogP contribution in [0.2, 0.25) is 0 Å². The first-order valence-electron chi connectivity index (χ1n) is 12.0. The van der Waals surface area contributed by atoms with E-state index in [2.05, 4.69) is 48.0 Å². The molecule has 27 heavy (non-hydrogen) atoms. The van der Waals surface area contributed by atoms with Gasteiger partial charge in [0.25, 0.3) is 0 Å². The van der Waals surface area contributed by atoms with Gasteiger partial charge in [-0.1, -0.05) is 126 Å². The van der Waals surface area contributed by atoms with Gasteiger partial charge in [-0.25, -0.2) is 0 Å². The van der Waals surface area contributed by atoms with E-state index >= 15 is 0 Å². The van der Waals surface area contributed by atoms with Crippen LogP contribution in [0.25, 0.3) is 0 Å². The zero-order chi connectivity index (χ0) is 19.6. The van der Waals surface area contributed by atoms with Crippen molar-refractivity contribution in [2.24, 2.45) is 0 Å². The van der Waals surface area contributed by atoms with Crippen molar-refractivity contribution in [2.45, 2.75) is 129 Å². The monoisotopic (exact) mass is 436 g/mol. The van der Waals surface area contributed by atoms with Crippen LogP contribution >= 0.6 is 15.9 Å². The molecule has 0 spiro atoms. The normalized spacial score (nSPS) is 11.2. The van der Waals surface area contributed by atoms with Crippen LogP contribution < -0.4 is 0 Å². The van der Waals surface area contributed by atoms with Crippen LogP contribution in [0.15, 0.2) is 22.7 Å². The Morgan fingerprint density at radius 2 is 0.815 bits per heavy atom. The highest BCUT2D eigenvalue weighted by Crippen LogP contribution is 2.20. The van der Waals surface area contributed by atoms with Gasteiger partial charge in [-0.2, -0.15) is 0 Å². The third-order valence-corrected chi connectivity index (χ3v) is 6.11. The smallest absolute Gasteiger partial charge is 0.0180 e. The molecule has 0 aliphatic heterocycles. The van der Waals surface area contributed by atoms with Crippen molar-refractivity contribution in [3.05, 3.63) is 33.8 Å². The molecule has 1 heteroatoms. The van der Waals surface area contributed by atoms with Crippen LogP contribution in [-0.4, -0.2) is 0 Å². The van der Waals surface area contributed by atoms with E-state index in [1.165, 1.54) is 131 Å². The molecule has 0 radical (unpaired) electrons. The Morgan fingerprint density at radius 3 is 1.19 bits per heavy atom. The second-order valence-electron chi connectivity index (χ2n) is 8.42. The topological polar surface area (TPSA) is 0 Å². The highest BCUT2D eigenvalue weighted by molar-refractivity contribution is 9.10. The molecule has 0 saturated carbocycles. The zero-order valence-electron chi connectivity index (χ0n) is 18.3. The molecule has 0 aromatic heterocycles. The minimum absolute atomic E-state index is 1.25. The molecule has 1 aromatic carbocycles. The second kappa shape index (κ2) is 17.8. The van der Waals surface area contributed by atoms with E-state index in [9.17, 15) is 0 Å². The summed E-state index contributed by atoms with van der Waals surface area (Å²) in [6.07, 6.45) is 25.0. The van der Waals surface area contributed by atoms with Crippen molar-refractivity contribution in [3.8, 4) is 0 Å². The molecular formula is C26H45Br. The summed E-state index contributed by atoms with van der Waals surface area (Å²) in [7, 11) is 0. The Morgan fingerprint density at radius 1 is 0.481 bits per heavy atom. The van der Waals surface area contributed by atoms with E-state index in [0.717, 1.165) is 0 Å². The maximum absolute atomic E-state index is 3.73. The van der Waals surface area contributed by atoms with Gasteiger partial charge in [0.2, 0.25) is 0 Å². The van der Waals surface area contributed by atoms with Crippen LogP contribution in [0.1, 0.15) is 128 Å². The van der Waals surface area contributed by atoms with E-state index in [1.807, 2.05) is 0 Å². The summed E-state index contributed by atoms with van der Waals surface area (Å²) in [6.45, 7) is 4.59. The Labute approximate surface area is 179 Å². The Hall–Kier alpha value is -0.300. The molecule has 0 atom stereocenters. The predicted octanol–water partition coefficient (Wildman–Crippen LogP) is 9.82. The average Bonchev–Trinajstić information content (AvgIpc) is 2.65. The Balaban J connectivity index is 2.14. The van der Waals surface area contributed by atoms with E-state index in [0.29, 0.717) is 0 Å². The van der Waals surface area contributed by atoms with Gasteiger partial charge >= 0.3 is 0 Å². The number of halogens is 1. The first-order valence-corrected chi connectivity index (χ1v) is 12.8. The van der Waals surface area contributed by atoms with E-state index in [-0.39, 0.29) is 0 Å². The third kappa shape index (κ3) is 14.4. The van der Waals surface area contributed by atoms with Crippen LogP contribution in [0, 0.1) is 0 Å².